The van der Waals surface area contributed by atoms with Crippen molar-refractivity contribution < 1.29 is 14.4 Å². The molecule has 4 nitrogen and oxygen atoms in total. The van der Waals surface area contributed by atoms with Crippen molar-refractivity contribution >= 4 is 18.2 Å². The van der Waals surface area contributed by atoms with Gasteiger partial charge in [0.25, 0.3) is 0 Å². The Bertz CT molecular complexity index is 150. The highest BCUT2D eigenvalue weighted by atomic mass is 32.7. The molecule has 74 valence electrons. The lowest BCUT2D eigenvalue weighted by atomic mass is 10.3. The van der Waals surface area contributed by atoms with E-state index < -0.39 is 6.80 Å². The quantitative estimate of drug-likeness (QED) is 0.438. The Kier molecular flexibility index (Phi) is 7.19. The molecule has 0 aromatic heterocycles. The molecular weight excluding hydrogens is 197 g/mol. The Hall–Kier alpha value is 0.460. The third kappa shape index (κ3) is 10.5. The molecule has 0 aliphatic rings. The lowest BCUT2D eigenvalue weighted by Crippen LogP contribution is -2.18. The van der Waals surface area contributed by atoms with Gasteiger partial charge < -0.3 is 15.1 Å². The van der Waals surface area contributed by atoms with Gasteiger partial charge in [-0.05, 0) is 24.3 Å². The summed E-state index contributed by atoms with van der Waals surface area (Å²) in [6.45, 7) is -0.150. The zero-order valence-corrected chi connectivity index (χ0v) is 8.90. The molecule has 0 spiro atoms. The second-order valence-electron chi connectivity index (χ2n) is 2.43. The Labute approximate surface area is 77.0 Å². The summed E-state index contributed by atoms with van der Waals surface area (Å²) in [5.41, 5.74) is 0. The molecule has 12 heavy (non-hydrogen) atoms. The van der Waals surface area contributed by atoms with Gasteiger partial charge in [-0.1, -0.05) is 13.3 Å². The highest BCUT2D eigenvalue weighted by molar-refractivity contribution is 8.54. The summed E-state index contributed by atoms with van der Waals surface area (Å²) in [5, 5.41) is 3.09. The van der Waals surface area contributed by atoms with Crippen molar-refractivity contribution in [3.63, 3.8) is 0 Å². The van der Waals surface area contributed by atoms with Crippen LogP contribution >= 0.6 is 18.2 Å². The lowest BCUT2D eigenvalue weighted by Gasteiger charge is -2.04. The van der Waals surface area contributed by atoms with Crippen molar-refractivity contribution in [1.82, 2.24) is 5.32 Å². The van der Waals surface area contributed by atoms with Crippen molar-refractivity contribution in [3.05, 3.63) is 0 Å². The summed E-state index contributed by atoms with van der Waals surface area (Å²) in [5.74, 6) is 0.466. The highest BCUT2D eigenvalue weighted by Gasteiger charge is 2.11. The van der Waals surface area contributed by atoms with Gasteiger partial charge >= 0.3 is 6.80 Å². The minimum atomic E-state index is -3.84. The number of hydrogen-bond acceptors (Lipinski definition) is 3. The Morgan fingerprint density at radius 2 is 2.08 bits per heavy atom. The van der Waals surface area contributed by atoms with E-state index in [4.69, 9.17) is 9.79 Å². The normalized spacial score (nSPS) is 11.9. The van der Waals surface area contributed by atoms with E-state index in [1.807, 2.05) is 0 Å². The van der Waals surface area contributed by atoms with Gasteiger partial charge in [0.2, 0.25) is 0 Å². The van der Waals surface area contributed by atoms with Crippen LogP contribution in [0, 0.1) is 0 Å². The van der Waals surface area contributed by atoms with Gasteiger partial charge in [-0.15, -0.1) is 0 Å². The molecule has 0 rings (SSSR count). The maximum absolute atomic E-state index is 10.3. The van der Waals surface area contributed by atoms with Crippen LogP contribution in [0.3, 0.4) is 0 Å². The first-order chi connectivity index (χ1) is 5.56. The molecular formula is C6H16NO3PS. The molecule has 0 bridgehead atoms. The summed E-state index contributed by atoms with van der Waals surface area (Å²) >= 11 is 0.696. The topological polar surface area (TPSA) is 69.6 Å². The van der Waals surface area contributed by atoms with Crippen LogP contribution < -0.4 is 5.32 Å². The first-order valence-corrected chi connectivity index (χ1v) is 7.17. The molecule has 0 unspecified atom stereocenters. The van der Waals surface area contributed by atoms with Crippen LogP contribution in [0.2, 0.25) is 0 Å². The molecule has 0 fully saturated rings. The number of nitrogens with one attached hydrogen (secondary N) is 1. The second-order valence-corrected chi connectivity index (χ2v) is 6.28. The molecule has 0 aromatic rings. The van der Waals surface area contributed by atoms with Crippen molar-refractivity contribution in [2.24, 2.45) is 0 Å². The summed E-state index contributed by atoms with van der Waals surface area (Å²) in [4.78, 5) is 16.9. The molecule has 0 saturated carbocycles. The van der Waals surface area contributed by atoms with Gasteiger partial charge in [-0.25, -0.2) is 4.57 Å². The van der Waals surface area contributed by atoms with Crippen LogP contribution in [-0.4, -0.2) is 28.6 Å². The van der Waals surface area contributed by atoms with E-state index in [-0.39, 0.29) is 0 Å². The second kappa shape index (κ2) is 6.92. The third-order valence-electron chi connectivity index (χ3n) is 1.25. The van der Waals surface area contributed by atoms with E-state index in [0.29, 0.717) is 23.7 Å². The van der Waals surface area contributed by atoms with Crippen LogP contribution in [0.15, 0.2) is 0 Å². The van der Waals surface area contributed by atoms with Gasteiger partial charge in [-0.2, -0.15) is 0 Å². The zero-order chi connectivity index (χ0) is 9.45. The van der Waals surface area contributed by atoms with E-state index in [0.717, 1.165) is 19.4 Å². The van der Waals surface area contributed by atoms with Crippen molar-refractivity contribution in [3.8, 4) is 0 Å². The van der Waals surface area contributed by atoms with Crippen LogP contribution in [-0.2, 0) is 4.57 Å². The average molecular weight is 213 g/mol. The first-order valence-electron chi connectivity index (χ1n) is 3.97. The fourth-order valence-electron chi connectivity index (χ4n) is 0.664. The zero-order valence-electron chi connectivity index (χ0n) is 7.19. The number of rotatable bonds is 7. The van der Waals surface area contributed by atoms with Gasteiger partial charge in [0.1, 0.15) is 0 Å². The lowest BCUT2D eigenvalue weighted by molar-refractivity contribution is 0.397. The molecule has 0 aliphatic carbocycles. The number of unbranched alkanes of at least 4 members (excludes halogenated alkanes) is 1. The molecule has 0 atom stereocenters. The van der Waals surface area contributed by atoms with Gasteiger partial charge in [0.15, 0.2) is 0 Å². The van der Waals surface area contributed by atoms with Crippen LogP contribution in [0.4, 0.5) is 0 Å². The predicted molar refractivity (Wildman–Crippen MR) is 52.3 cm³/mol. The molecule has 0 aromatic carbocycles. The van der Waals surface area contributed by atoms with E-state index in [1.165, 1.54) is 0 Å². The smallest absolute Gasteiger partial charge is 0.317 e. The maximum atomic E-state index is 10.3. The molecule has 0 amide bonds. The fourth-order valence-corrected chi connectivity index (χ4v) is 2.12. The van der Waals surface area contributed by atoms with Crippen molar-refractivity contribution in [2.45, 2.75) is 19.8 Å². The standard InChI is InChI=1S/C6H16NO3PS/c1-2-3-4-7-5-6-12-11(8,9)10/h7H,2-6H2,1H3,(H2,8,9,10). The summed E-state index contributed by atoms with van der Waals surface area (Å²) in [7, 11) is 0. The van der Waals surface area contributed by atoms with Crippen molar-refractivity contribution in [2.75, 3.05) is 18.8 Å². The molecule has 0 saturated heterocycles. The largest absolute Gasteiger partial charge is 0.384 e. The Balaban J connectivity index is 3.06. The molecule has 3 N–H and O–H groups in total. The average Bonchev–Trinajstić information content (AvgIpc) is 1.94. The SMILES string of the molecule is CCCCNCCSP(=O)(O)O. The highest BCUT2D eigenvalue weighted by Crippen LogP contribution is 2.49. The minimum Gasteiger partial charge on any atom is -0.317 e. The monoisotopic (exact) mass is 213 g/mol. The van der Waals surface area contributed by atoms with Crippen LogP contribution in [0.1, 0.15) is 19.8 Å². The minimum absolute atomic E-state index is 0.466. The summed E-state index contributed by atoms with van der Waals surface area (Å²) < 4.78 is 10.3. The van der Waals surface area contributed by atoms with Gasteiger partial charge in [0, 0.05) is 12.3 Å². The van der Waals surface area contributed by atoms with E-state index in [2.05, 4.69) is 12.2 Å². The van der Waals surface area contributed by atoms with Gasteiger partial charge in [0.05, 0.1) is 0 Å². The summed E-state index contributed by atoms with van der Waals surface area (Å²) in [6, 6.07) is 0. The molecule has 0 radical (unpaired) electrons. The maximum Gasteiger partial charge on any atom is 0.384 e. The van der Waals surface area contributed by atoms with Gasteiger partial charge in [-0.3, -0.25) is 0 Å². The fraction of sp³-hybridized carbons (Fsp3) is 1.00. The van der Waals surface area contributed by atoms with E-state index in [9.17, 15) is 4.57 Å². The third-order valence-corrected chi connectivity index (χ3v) is 3.53. The Morgan fingerprint density at radius 3 is 2.58 bits per heavy atom. The van der Waals surface area contributed by atoms with Crippen LogP contribution in [0.25, 0.3) is 0 Å². The van der Waals surface area contributed by atoms with Crippen molar-refractivity contribution in [1.29, 1.82) is 0 Å². The molecule has 6 heteroatoms. The van der Waals surface area contributed by atoms with E-state index in [1.54, 1.807) is 0 Å². The summed E-state index contributed by atoms with van der Waals surface area (Å²) in [6.07, 6.45) is 2.25. The van der Waals surface area contributed by atoms with Crippen LogP contribution in [0.5, 0.6) is 0 Å². The molecule has 0 aliphatic heterocycles. The Morgan fingerprint density at radius 1 is 1.42 bits per heavy atom. The number of hydrogen-bond donors (Lipinski definition) is 3. The predicted octanol–water partition coefficient (Wildman–Crippen LogP) is 1.20. The van der Waals surface area contributed by atoms with E-state index >= 15 is 0 Å². The molecule has 0 heterocycles. The first kappa shape index (κ1) is 12.5.